The Morgan fingerprint density at radius 2 is 1.86 bits per heavy atom. The van der Waals surface area contributed by atoms with E-state index in [4.69, 9.17) is 4.74 Å². The molecule has 0 aliphatic heterocycles. The van der Waals surface area contributed by atoms with Crippen molar-refractivity contribution < 1.29 is 19.1 Å². The Kier molecular flexibility index (Phi) is 7.65. The van der Waals surface area contributed by atoms with E-state index in [2.05, 4.69) is 22.4 Å². The average Bonchev–Trinajstić information content (AvgIpc) is 3.56. The summed E-state index contributed by atoms with van der Waals surface area (Å²) < 4.78 is 5.04. The van der Waals surface area contributed by atoms with E-state index in [-0.39, 0.29) is 17.7 Å². The maximum Gasteiger partial charge on any atom is 0.350 e. The van der Waals surface area contributed by atoms with Crippen molar-refractivity contribution >= 4 is 40.5 Å². The Balaban J connectivity index is 1.58. The van der Waals surface area contributed by atoms with Crippen molar-refractivity contribution in [2.75, 3.05) is 23.9 Å². The first-order chi connectivity index (χ1) is 16.9. The number of esters is 1. The second kappa shape index (κ2) is 10.9. The molecule has 0 bridgehead atoms. The minimum absolute atomic E-state index is 0.0163. The number of amides is 2. The van der Waals surface area contributed by atoms with Crippen molar-refractivity contribution in [3.05, 3.63) is 53.2 Å². The number of methoxy groups -OCH3 is 1. The lowest BCUT2D eigenvalue weighted by Gasteiger charge is -2.30. The topological polar surface area (TPSA) is 104 Å². The predicted octanol–water partition coefficient (Wildman–Crippen LogP) is 5.36. The molecule has 0 saturated heterocycles. The predicted molar refractivity (Wildman–Crippen MR) is 137 cm³/mol. The Hall–Kier alpha value is -3.46. The van der Waals surface area contributed by atoms with Crippen LogP contribution in [0.2, 0.25) is 0 Å². The van der Waals surface area contributed by atoms with E-state index < -0.39 is 5.97 Å². The Bertz CT molecular complexity index is 1180. The molecule has 1 aromatic carbocycles. The van der Waals surface area contributed by atoms with Gasteiger partial charge in [0.1, 0.15) is 10.6 Å². The number of aromatic nitrogens is 2. The molecule has 1 fully saturated rings. The Labute approximate surface area is 208 Å². The number of benzene rings is 1. The SMILES string of the molecule is CCN(C(=O)C1CCC(C)CC1)c1cc(-c2ccc(NC(=O)c3cc[nH]n3)cc2)sc1C(=O)OC. The number of H-pyrrole nitrogens is 1. The van der Waals surface area contributed by atoms with E-state index in [1.807, 2.05) is 25.1 Å². The number of nitrogens with zero attached hydrogens (tertiary/aromatic N) is 2. The van der Waals surface area contributed by atoms with Crippen LogP contribution >= 0.6 is 11.3 Å². The molecule has 2 N–H and O–H groups in total. The number of nitrogens with one attached hydrogen (secondary N) is 2. The minimum atomic E-state index is -0.456. The summed E-state index contributed by atoms with van der Waals surface area (Å²) in [7, 11) is 1.35. The number of hydrogen-bond donors (Lipinski definition) is 2. The second-order valence-corrected chi connectivity index (χ2v) is 9.90. The molecule has 184 valence electrons. The lowest BCUT2D eigenvalue weighted by atomic mass is 9.82. The molecule has 0 spiro atoms. The number of carbonyl (C=O) groups is 3. The molecule has 8 nitrogen and oxygen atoms in total. The zero-order chi connectivity index (χ0) is 24.9. The fourth-order valence-electron chi connectivity index (χ4n) is 4.44. The number of anilines is 2. The summed E-state index contributed by atoms with van der Waals surface area (Å²) in [5, 5.41) is 9.30. The van der Waals surface area contributed by atoms with E-state index in [0.29, 0.717) is 34.4 Å². The van der Waals surface area contributed by atoms with Crippen molar-refractivity contribution in [2.45, 2.75) is 39.5 Å². The van der Waals surface area contributed by atoms with Gasteiger partial charge in [-0.15, -0.1) is 11.3 Å². The fraction of sp³-hybridized carbons (Fsp3) is 0.385. The number of aromatic amines is 1. The summed E-state index contributed by atoms with van der Waals surface area (Å²) in [6.45, 7) is 4.63. The number of hydrogen-bond acceptors (Lipinski definition) is 6. The maximum absolute atomic E-state index is 13.4. The highest BCUT2D eigenvalue weighted by molar-refractivity contribution is 7.18. The molecule has 2 heterocycles. The van der Waals surface area contributed by atoms with Crippen LogP contribution in [-0.2, 0) is 9.53 Å². The highest BCUT2D eigenvalue weighted by Gasteiger charge is 2.31. The van der Waals surface area contributed by atoms with Crippen LogP contribution in [0.25, 0.3) is 10.4 Å². The van der Waals surface area contributed by atoms with Crippen LogP contribution in [-0.4, -0.2) is 41.6 Å². The summed E-state index contributed by atoms with van der Waals surface area (Å²) in [5.74, 6) is -0.0514. The summed E-state index contributed by atoms with van der Waals surface area (Å²) in [6, 6.07) is 10.8. The van der Waals surface area contributed by atoms with Gasteiger partial charge in [-0.25, -0.2) is 4.79 Å². The van der Waals surface area contributed by atoms with Gasteiger partial charge in [0.2, 0.25) is 5.91 Å². The van der Waals surface area contributed by atoms with Crippen LogP contribution in [0.15, 0.2) is 42.6 Å². The zero-order valence-corrected chi connectivity index (χ0v) is 21.0. The van der Waals surface area contributed by atoms with Crippen LogP contribution < -0.4 is 10.2 Å². The van der Waals surface area contributed by atoms with E-state index in [0.717, 1.165) is 36.1 Å². The van der Waals surface area contributed by atoms with Gasteiger partial charge in [0, 0.05) is 29.2 Å². The van der Waals surface area contributed by atoms with Gasteiger partial charge in [0.15, 0.2) is 0 Å². The molecule has 2 amide bonds. The van der Waals surface area contributed by atoms with Gasteiger partial charge in [-0.3, -0.25) is 14.7 Å². The molecule has 1 aliphatic carbocycles. The molecule has 0 unspecified atom stereocenters. The first kappa shape index (κ1) is 24.7. The largest absolute Gasteiger partial charge is 0.465 e. The molecule has 0 atom stereocenters. The number of carbonyl (C=O) groups excluding carboxylic acids is 3. The number of thiophene rings is 1. The van der Waals surface area contributed by atoms with Crippen molar-refractivity contribution in [1.82, 2.24) is 10.2 Å². The van der Waals surface area contributed by atoms with Gasteiger partial charge < -0.3 is 15.0 Å². The van der Waals surface area contributed by atoms with Gasteiger partial charge >= 0.3 is 5.97 Å². The van der Waals surface area contributed by atoms with Gasteiger partial charge in [-0.1, -0.05) is 19.1 Å². The Morgan fingerprint density at radius 1 is 1.14 bits per heavy atom. The number of rotatable bonds is 7. The van der Waals surface area contributed by atoms with Gasteiger partial charge in [-0.2, -0.15) is 5.10 Å². The molecule has 2 aromatic heterocycles. The molecule has 9 heteroatoms. The van der Waals surface area contributed by atoms with Gasteiger partial charge in [-0.05, 0) is 68.4 Å². The second-order valence-electron chi connectivity index (χ2n) is 8.85. The molecule has 35 heavy (non-hydrogen) atoms. The van der Waals surface area contributed by atoms with Crippen LogP contribution in [0.4, 0.5) is 11.4 Å². The first-order valence-corrected chi connectivity index (χ1v) is 12.7. The highest BCUT2D eigenvalue weighted by atomic mass is 32.1. The van der Waals surface area contributed by atoms with Gasteiger partial charge in [0.05, 0.1) is 12.8 Å². The molecule has 4 rings (SSSR count). The molecule has 3 aromatic rings. The number of ether oxygens (including phenoxy) is 1. The van der Waals surface area contributed by atoms with Gasteiger partial charge in [0.25, 0.3) is 5.91 Å². The van der Waals surface area contributed by atoms with Crippen LogP contribution in [0.5, 0.6) is 0 Å². The summed E-state index contributed by atoms with van der Waals surface area (Å²) in [4.78, 5) is 41.3. The first-order valence-electron chi connectivity index (χ1n) is 11.9. The van der Waals surface area contributed by atoms with Crippen LogP contribution in [0.1, 0.15) is 59.7 Å². The van der Waals surface area contributed by atoms with Crippen molar-refractivity contribution in [3.63, 3.8) is 0 Å². The normalized spacial score (nSPS) is 17.6. The Morgan fingerprint density at radius 3 is 2.46 bits per heavy atom. The third-order valence-electron chi connectivity index (χ3n) is 6.48. The summed E-state index contributed by atoms with van der Waals surface area (Å²) >= 11 is 1.30. The lowest BCUT2D eigenvalue weighted by Crippen LogP contribution is -2.38. The van der Waals surface area contributed by atoms with E-state index in [1.165, 1.54) is 18.4 Å². The third kappa shape index (κ3) is 5.45. The fourth-order valence-corrected chi connectivity index (χ4v) is 5.52. The van der Waals surface area contributed by atoms with Crippen LogP contribution in [0.3, 0.4) is 0 Å². The molecule has 1 aliphatic rings. The van der Waals surface area contributed by atoms with Crippen molar-refractivity contribution in [1.29, 1.82) is 0 Å². The molecular formula is C26H30N4O4S. The molecule has 0 radical (unpaired) electrons. The lowest BCUT2D eigenvalue weighted by molar-refractivity contribution is -0.123. The molecule has 1 saturated carbocycles. The maximum atomic E-state index is 13.4. The third-order valence-corrected chi connectivity index (χ3v) is 7.64. The summed E-state index contributed by atoms with van der Waals surface area (Å²) in [6.07, 6.45) is 5.45. The van der Waals surface area contributed by atoms with Crippen molar-refractivity contribution in [3.8, 4) is 10.4 Å². The molecular weight excluding hydrogens is 464 g/mol. The monoisotopic (exact) mass is 494 g/mol. The average molecular weight is 495 g/mol. The quantitative estimate of drug-likeness (QED) is 0.431. The smallest absolute Gasteiger partial charge is 0.350 e. The van der Waals surface area contributed by atoms with E-state index in [1.54, 1.807) is 29.3 Å². The minimum Gasteiger partial charge on any atom is -0.465 e. The summed E-state index contributed by atoms with van der Waals surface area (Å²) in [5.41, 5.74) is 2.40. The zero-order valence-electron chi connectivity index (χ0n) is 20.2. The standard InChI is InChI=1S/C26H30N4O4S/c1-4-30(25(32)18-7-5-16(2)6-8-18)21-15-22(35-23(21)26(33)34-3)17-9-11-19(12-10-17)28-24(31)20-13-14-27-29-20/h9-16,18H,4-8H2,1-3H3,(H,27,29)(H,28,31). The van der Waals surface area contributed by atoms with E-state index in [9.17, 15) is 14.4 Å². The van der Waals surface area contributed by atoms with Crippen LogP contribution in [0, 0.1) is 11.8 Å². The van der Waals surface area contributed by atoms with Crippen molar-refractivity contribution in [2.24, 2.45) is 11.8 Å². The highest BCUT2D eigenvalue weighted by Crippen LogP contribution is 2.39. The van der Waals surface area contributed by atoms with E-state index >= 15 is 0 Å².